The van der Waals surface area contributed by atoms with E-state index in [4.69, 9.17) is 4.74 Å². The summed E-state index contributed by atoms with van der Waals surface area (Å²) in [6.07, 6.45) is 3.40. The van der Waals surface area contributed by atoms with Crippen molar-refractivity contribution in [3.63, 3.8) is 0 Å². The van der Waals surface area contributed by atoms with E-state index < -0.39 is 0 Å². The van der Waals surface area contributed by atoms with Crippen LogP contribution in [0.15, 0.2) is 0 Å². The van der Waals surface area contributed by atoms with Crippen LogP contribution in [0.25, 0.3) is 0 Å². The Morgan fingerprint density at radius 2 is 1.78 bits per heavy atom. The van der Waals surface area contributed by atoms with Gasteiger partial charge in [0.15, 0.2) is 0 Å². The molecule has 0 aromatic carbocycles. The summed E-state index contributed by atoms with van der Waals surface area (Å²) in [5.41, 5.74) is 0. The fraction of sp³-hybridized carbons (Fsp3) is 0.875. The van der Waals surface area contributed by atoms with Gasteiger partial charge in [-0.2, -0.15) is 0 Å². The van der Waals surface area contributed by atoms with Crippen LogP contribution in [0.5, 0.6) is 0 Å². The predicted molar refractivity (Wildman–Crippen MR) is 38.2 cm³/mol. The zero-order valence-corrected chi connectivity index (χ0v) is 6.48. The van der Waals surface area contributed by atoms with Crippen LogP contribution in [-0.4, -0.2) is 12.2 Å². The molecule has 1 rings (SSSR count). The van der Waals surface area contributed by atoms with Gasteiger partial charge in [-0.15, -0.1) is 0 Å². The molecule has 1 aliphatic rings. The quantitative estimate of drug-likeness (QED) is 0.564. The lowest BCUT2D eigenvalue weighted by atomic mass is 10.2. The highest BCUT2D eigenvalue weighted by Crippen LogP contribution is 2.36. The normalized spacial score (nSPS) is 22.7. The molecule has 1 saturated carbocycles. The van der Waals surface area contributed by atoms with E-state index >= 15 is 0 Å². The first-order valence-electron chi connectivity index (χ1n) is 3.70. The molecule has 0 heterocycles. The predicted octanol–water partition coefficient (Wildman–Crippen LogP) is 2.17. The Labute approximate surface area is 57.4 Å². The van der Waals surface area contributed by atoms with Gasteiger partial charge in [0.1, 0.15) is 0 Å². The third-order valence-electron chi connectivity index (χ3n) is 1.59. The van der Waals surface area contributed by atoms with Crippen molar-refractivity contribution < 1.29 is 4.74 Å². The molecule has 0 spiro atoms. The molecule has 1 heteroatoms. The van der Waals surface area contributed by atoms with Crippen LogP contribution >= 0.6 is 0 Å². The SMILES string of the molecule is CC(C)OC(C)[C]1CC1. The second-order valence-electron chi connectivity index (χ2n) is 2.99. The van der Waals surface area contributed by atoms with Crippen LogP contribution in [0, 0.1) is 5.92 Å². The second-order valence-corrected chi connectivity index (χ2v) is 2.99. The van der Waals surface area contributed by atoms with Crippen molar-refractivity contribution in [2.45, 2.75) is 45.8 Å². The third-order valence-corrected chi connectivity index (χ3v) is 1.59. The Kier molecular flexibility index (Phi) is 2.12. The lowest BCUT2D eigenvalue weighted by Gasteiger charge is -2.14. The summed E-state index contributed by atoms with van der Waals surface area (Å²) >= 11 is 0. The van der Waals surface area contributed by atoms with Crippen molar-refractivity contribution in [3.8, 4) is 0 Å². The Bertz CT molecular complexity index is 84.6. The van der Waals surface area contributed by atoms with Crippen molar-refractivity contribution in [2.75, 3.05) is 0 Å². The molecule has 0 bridgehead atoms. The first-order valence-corrected chi connectivity index (χ1v) is 3.70. The standard InChI is InChI=1S/C8H15O/c1-6(2)9-7(3)8-4-5-8/h6-7H,4-5H2,1-3H3. The lowest BCUT2D eigenvalue weighted by molar-refractivity contribution is 0.0339. The lowest BCUT2D eigenvalue weighted by Crippen LogP contribution is -2.14. The second kappa shape index (κ2) is 2.70. The summed E-state index contributed by atoms with van der Waals surface area (Å²) in [4.78, 5) is 0. The van der Waals surface area contributed by atoms with Crippen molar-refractivity contribution in [2.24, 2.45) is 0 Å². The molecule has 53 valence electrons. The monoisotopic (exact) mass is 127 g/mol. The number of hydrogen-bond acceptors (Lipinski definition) is 1. The van der Waals surface area contributed by atoms with Crippen LogP contribution in [0.1, 0.15) is 33.6 Å². The van der Waals surface area contributed by atoms with Gasteiger partial charge in [0.2, 0.25) is 0 Å². The first kappa shape index (κ1) is 7.07. The summed E-state index contributed by atoms with van der Waals surface area (Å²) < 4.78 is 5.54. The molecule has 1 nitrogen and oxygen atoms in total. The highest BCUT2D eigenvalue weighted by molar-refractivity contribution is 5.10. The Morgan fingerprint density at radius 1 is 1.22 bits per heavy atom. The van der Waals surface area contributed by atoms with Gasteiger partial charge in [-0.25, -0.2) is 0 Å². The summed E-state index contributed by atoms with van der Waals surface area (Å²) in [6.45, 7) is 6.31. The molecule has 0 aliphatic heterocycles. The van der Waals surface area contributed by atoms with Gasteiger partial charge >= 0.3 is 0 Å². The van der Waals surface area contributed by atoms with Crippen LogP contribution in [-0.2, 0) is 4.74 Å². The van der Waals surface area contributed by atoms with Crippen molar-refractivity contribution >= 4 is 0 Å². The fourth-order valence-electron chi connectivity index (χ4n) is 0.983. The summed E-state index contributed by atoms with van der Waals surface area (Å²) in [5, 5.41) is 0. The molecule has 0 aromatic heterocycles. The molecule has 0 amide bonds. The molecular weight excluding hydrogens is 112 g/mol. The minimum absolute atomic E-state index is 0.382. The van der Waals surface area contributed by atoms with E-state index in [1.165, 1.54) is 12.8 Å². The van der Waals surface area contributed by atoms with Crippen molar-refractivity contribution in [3.05, 3.63) is 5.92 Å². The summed E-state index contributed by atoms with van der Waals surface area (Å²) in [7, 11) is 0. The fourth-order valence-corrected chi connectivity index (χ4v) is 0.983. The van der Waals surface area contributed by atoms with Crippen LogP contribution in [0.4, 0.5) is 0 Å². The average molecular weight is 127 g/mol. The van der Waals surface area contributed by atoms with Gasteiger partial charge in [-0.3, -0.25) is 0 Å². The van der Waals surface area contributed by atoms with Crippen molar-refractivity contribution in [1.82, 2.24) is 0 Å². The van der Waals surface area contributed by atoms with Gasteiger partial charge < -0.3 is 4.74 Å². The summed E-state index contributed by atoms with van der Waals surface area (Å²) in [6, 6.07) is 0. The third kappa shape index (κ3) is 2.35. The van der Waals surface area contributed by atoms with Crippen LogP contribution < -0.4 is 0 Å². The van der Waals surface area contributed by atoms with Crippen LogP contribution in [0.3, 0.4) is 0 Å². The zero-order chi connectivity index (χ0) is 6.85. The largest absolute Gasteiger partial charge is 0.375 e. The average Bonchev–Trinajstić information content (AvgIpc) is 2.40. The van der Waals surface area contributed by atoms with Gasteiger partial charge in [-0.05, 0) is 33.6 Å². The van der Waals surface area contributed by atoms with E-state index in [-0.39, 0.29) is 0 Å². The van der Waals surface area contributed by atoms with Gasteiger partial charge in [0, 0.05) is 5.92 Å². The molecule has 1 atom stereocenters. The molecule has 1 radical (unpaired) electrons. The molecule has 0 aromatic rings. The van der Waals surface area contributed by atoms with E-state index in [1.807, 2.05) is 0 Å². The Morgan fingerprint density at radius 3 is 2.11 bits per heavy atom. The molecule has 9 heavy (non-hydrogen) atoms. The van der Waals surface area contributed by atoms with Crippen LogP contribution in [0.2, 0.25) is 0 Å². The topological polar surface area (TPSA) is 9.23 Å². The van der Waals surface area contributed by atoms with E-state index in [0.29, 0.717) is 12.2 Å². The Hall–Kier alpha value is -0.0400. The van der Waals surface area contributed by atoms with E-state index in [9.17, 15) is 0 Å². The molecule has 1 fully saturated rings. The zero-order valence-electron chi connectivity index (χ0n) is 6.48. The molecule has 0 saturated heterocycles. The van der Waals surface area contributed by atoms with Gasteiger partial charge in [0.05, 0.1) is 12.2 Å². The number of ether oxygens (including phenoxy) is 1. The molecule has 0 N–H and O–H groups in total. The number of hydrogen-bond donors (Lipinski definition) is 0. The van der Waals surface area contributed by atoms with Gasteiger partial charge in [0.25, 0.3) is 0 Å². The highest BCUT2D eigenvalue weighted by atomic mass is 16.5. The highest BCUT2D eigenvalue weighted by Gasteiger charge is 2.29. The Balaban J connectivity index is 2.10. The number of rotatable bonds is 3. The van der Waals surface area contributed by atoms with E-state index in [2.05, 4.69) is 20.8 Å². The maximum atomic E-state index is 5.54. The van der Waals surface area contributed by atoms with Gasteiger partial charge in [-0.1, -0.05) is 0 Å². The minimum atomic E-state index is 0.382. The van der Waals surface area contributed by atoms with E-state index in [0.717, 1.165) is 0 Å². The maximum Gasteiger partial charge on any atom is 0.0612 e. The smallest absolute Gasteiger partial charge is 0.0612 e. The molecule has 1 aliphatic carbocycles. The molecular formula is C8H15O. The van der Waals surface area contributed by atoms with E-state index in [1.54, 1.807) is 5.92 Å². The minimum Gasteiger partial charge on any atom is -0.375 e. The van der Waals surface area contributed by atoms with Crippen molar-refractivity contribution in [1.29, 1.82) is 0 Å². The molecule has 1 unspecified atom stereocenters. The first-order chi connectivity index (χ1) is 4.20. The maximum absolute atomic E-state index is 5.54. The summed E-state index contributed by atoms with van der Waals surface area (Å²) in [5.74, 6) is 1.59.